The Morgan fingerprint density at radius 3 is 2.73 bits per heavy atom. The first kappa shape index (κ1) is 24.3. The molecule has 0 saturated carbocycles. The smallest absolute Gasteiger partial charge is 0.228 e. The van der Waals surface area contributed by atoms with E-state index in [0.29, 0.717) is 40.6 Å². The van der Waals surface area contributed by atoms with Crippen molar-refractivity contribution in [3.63, 3.8) is 0 Å². The monoisotopic (exact) mass is 522 g/mol. The van der Waals surface area contributed by atoms with E-state index in [1.807, 2.05) is 6.20 Å². The van der Waals surface area contributed by atoms with Gasteiger partial charge in [-0.15, -0.1) is 0 Å². The van der Waals surface area contributed by atoms with Crippen molar-refractivity contribution in [1.29, 1.82) is 0 Å². The van der Waals surface area contributed by atoms with Gasteiger partial charge in [0.05, 0.1) is 17.6 Å². The molecular formula is C26H31FN8OS. The largest absolute Gasteiger partial charge is 0.611 e. The number of hydrogen-bond donors (Lipinski definition) is 2. The Hall–Kier alpha value is -3.02. The number of aromatic nitrogens is 4. The summed E-state index contributed by atoms with van der Waals surface area (Å²) in [6.45, 7) is 6.02. The van der Waals surface area contributed by atoms with Gasteiger partial charge in [-0.2, -0.15) is 4.98 Å². The zero-order valence-electron chi connectivity index (χ0n) is 20.9. The Morgan fingerprint density at radius 1 is 1.08 bits per heavy atom. The summed E-state index contributed by atoms with van der Waals surface area (Å²) in [4.78, 5) is 24.3. The molecule has 37 heavy (non-hydrogen) atoms. The molecule has 0 spiro atoms. The molecule has 1 fully saturated rings. The zero-order chi connectivity index (χ0) is 25.4. The lowest BCUT2D eigenvalue weighted by Gasteiger charge is -2.35. The second-order valence-corrected chi connectivity index (χ2v) is 11.2. The first-order chi connectivity index (χ1) is 18.1. The minimum Gasteiger partial charge on any atom is -0.611 e. The van der Waals surface area contributed by atoms with Crippen LogP contribution in [-0.4, -0.2) is 62.5 Å². The van der Waals surface area contributed by atoms with E-state index in [2.05, 4.69) is 27.4 Å². The molecule has 9 nitrogen and oxygen atoms in total. The Labute approximate surface area is 219 Å². The summed E-state index contributed by atoms with van der Waals surface area (Å²) in [7, 11) is 0. The van der Waals surface area contributed by atoms with Gasteiger partial charge in [0.2, 0.25) is 10.8 Å². The van der Waals surface area contributed by atoms with Crippen LogP contribution in [0.5, 0.6) is 0 Å². The van der Waals surface area contributed by atoms with E-state index in [-0.39, 0.29) is 5.82 Å². The number of benzene rings is 1. The van der Waals surface area contributed by atoms with Crippen LogP contribution >= 0.6 is 0 Å². The number of rotatable bonds is 5. The third-order valence-electron chi connectivity index (χ3n) is 7.35. The predicted molar refractivity (Wildman–Crippen MR) is 142 cm³/mol. The number of nitrogens with zero attached hydrogens (tertiary/aromatic N) is 6. The highest BCUT2D eigenvalue weighted by molar-refractivity contribution is 7.91. The molecule has 3 aromatic rings. The number of nitrogens with one attached hydrogen (secondary N) is 2. The molecule has 1 aromatic carbocycles. The minimum atomic E-state index is -1.17. The Balaban J connectivity index is 1.18. The van der Waals surface area contributed by atoms with Crippen molar-refractivity contribution in [1.82, 2.24) is 25.3 Å². The van der Waals surface area contributed by atoms with Crippen LogP contribution in [0.25, 0.3) is 0 Å². The number of anilines is 4. The van der Waals surface area contributed by atoms with Gasteiger partial charge in [-0.25, -0.2) is 14.4 Å². The number of fused-ring (bicyclic) bond motifs is 2. The highest BCUT2D eigenvalue weighted by atomic mass is 32.2. The van der Waals surface area contributed by atoms with E-state index in [4.69, 9.17) is 19.9 Å². The summed E-state index contributed by atoms with van der Waals surface area (Å²) >= 11 is -1.17. The maximum atomic E-state index is 13.8. The minimum absolute atomic E-state index is 0.337. The molecule has 0 radical (unpaired) electrons. The third-order valence-corrected chi connectivity index (χ3v) is 8.81. The first-order valence-corrected chi connectivity index (χ1v) is 14.3. The molecule has 2 unspecified atom stereocenters. The van der Waals surface area contributed by atoms with Gasteiger partial charge in [0, 0.05) is 50.9 Å². The summed E-state index contributed by atoms with van der Waals surface area (Å²) in [6, 6.07) is 6.73. The highest BCUT2D eigenvalue weighted by Crippen LogP contribution is 2.34. The maximum absolute atomic E-state index is 13.8. The first-order valence-electron chi connectivity index (χ1n) is 13.0. The van der Waals surface area contributed by atoms with Gasteiger partial charge < -0.3 is 25.0 Å². The zero-order valence-corrected chi connectivity index (χ0v) is 21.7. The molecule has 0 bridgehead atoms. The summed E-state index contributed by atoms with van der Waals surface area (Å²) in [5.41, 5.74) is 3.54. The normalized spacial score (nSPS) is 21.4. The van der Waals surface area contributed by atoms with E-state index in [9.17, 15) is 8.94 Å². The van der Waals surface area contributed by atoms with Crippen LogP contribution in [0.3, 0.4) is 0 Å². The average molecular weight is 523 g/mol. The summed E-state index contributed by atoms with van der Waals surface area (Å²) in [5.74, 6) is 2.23. The van der Waals surface area contributed by atoms with E-state index >= 15 is 0 Å². The quantitative estimate of drug-likeness (QED) is 0.489. The van der Waals surface area contributed by atoms with Crippen molar-refractivity contribution in [3.05, 3.63) is 53.4 Å². The molecule has 6 rings (SSSR count). The highest BCUT2D eigenvalue weighted by Gasteiger charge is 2.33. The molecule has 0 aliphatic carbocycles. The molecule has 2 aromatic heterocycles. The molecular weight excluding hydrogens is 491 g/mol. The van der Waals surface area contributed by atoms with E-state index in [1.165, 1.54) is 12.1 Å². The summed E-state index contributed by atoms with van der Waals surface area (Å²) < 4.78 is 26.4. The van der Waals surface area contributed by atoms with E-state index in [0.717, 1.165) is 74.9 Å². The number of halogens is 1. The van der Waals surface area contributed by atoms with E-state index < -0.39 is 11.2 Å². The lowest BCUT2D eigenvalue weighted by Crippen LogP contribution is -2.47. The number of aryl methyl sites for hydroxylation is 2. The SMILES string of the molecule is CCC1CCc2nc(N3CCN(c4nc5c(c(Nc6cccc(F)c6)n4)[S+]([O-])CC5)CC3)cnc2CN1. The molecule has 2 atom stereocenters. The van der Waals surface area contributed by atoms with Crippen LogP contribution in [0.4, 0.5) is 27.7 Å². The van der Waals surface area contributed by atoms with Crippen LogP contribution in [0.15, 0.2) is 35.4 Å². The molecule has 0 amide bonds. The predicted octanol–water partition coefficient (Wildman–Crippen LogP) is 2.95. The molecule has 5 heterocycles. The van der Waals surface area contributed by atoms with Crippen LogP contribution in [0, 0.1) is 5.82 Å². The van der Waals surface area contributed by atoms with Crippen molar-refractivity contribution in [2.45, 2.75) is 50.1 Å². The van der Waals surface area contributed by atoms with Crippen LogP contribution in [0.2, 0.25) is 0 Å². The lowest BCUT2D eigenvalue weighted by atomic mass is 10.1. The fraction of sp³-hybridized carbons (Fsp3) is 0.462. The summed E-state index contributed by atoms with van der Waals surface area (Å²) in [5, 5.41) is 6.76. The van der Waals surface area contributed by atoms with E-state index in [1.54, 1.807) is 12.1 Å². The Bertz CT molecular complexity index is 1290. The molecule has 2 N–H and O–H groups in total. The fourth-order valence-electron chi connectivity index (χ4n) is 5.19. The molecule has 11 heteroatoms. The third kappa shape index (κ3) is 5.07. The maximum Gasteiger partial charge on any atom is 0.228 e. The second-order valence-electron chi connectivity index (χ2n) is 9.70. The summed E-state index contributed by atoms with van der Waals surface area (Å²) in [6.07, 6.45) is 5.69. The van der Waals surface area contributed by atoms with Crippen LogP contribution < -0.4 is 20.4 Å². The molecule has 3 aliphatic rings. The molecule has 194 valence electrons. The van der Waals surface area contributed by atoms with Gasteiger partial charge in [-0.05, 0) is 48.6 Å². The molecule has 3 aliphatic heterocycles. The average Bonchev–Trinajstić information content (AvgIpc) is 3.17. The second kappa shape index (κ2) is 10.4. The number of hydrogen-bond acceptors (Lipinski definition) is 9. The van der Waals surface area contributed by atoms with Gasteiger partial charge in [0.15, 0.2) is 5.82 Å². The van der Waals surface area contributed by atoms with Crippen molar-refractivity contribution >= 4 is 34.4 Å². The standard InChI is InChI=1S/C26H31FN8OS/c1-2-18-6-7-20-22(15-28-18)29-16-23(31-20)34-9-11-35(12-10-34)26-32-21-8-13-37(36)24(21)25(33-26)30-19-5-3-4-17(27)14-19/h3-5,14,16,18,28H,2,6-13,15H2,1H3,(H,30,32,33). The lowest BCUT2D eigenvalue weighted by molar-refractivity contribution is 0.481. The number of piperazine rings is 1. The van der Waals surface area contributed by atoms with Gasteiger partial charge in [-0.1, -0.05) is 13.0 Å². The van der Waals surface area contributed by atoms with Gasteiger partial charge >= 0.3 is 0 Å². The van der Waals surface area contributed by atoms with Crippen molar-refractivity contribution in [3.8, 4) is 0 Å². The van der Waals surface area contributed by atoms with Gasteiger partial charge in [0.25, 0.3) is 0 Å². The van der Waals surface area contributed by atoms with Crippen LogP contribution in [-0.2, 0) is 30.6 Å². The van der Waals surface area contributed by atoms with Crippen molar-refractivity contribution in [2.75, 3.05) is 47.0 Å². The Kier molecular flexibility index (Phi) is 6.83. The fourth-order valence-corrected chi connectivity index (χ4v) is 6.50. The Morgan fingerprint density at radius 2 is 1.92 bits per heavy atom. The van der Waals surface area contributed by atoms with Gasteiger partial charge in [0.1, 0.15) is 23.1 Å². The van der Waals surface area contributed by atoms with Crippen molar-refractivity contribution < 1.29 is 8.94 Å². The topological polar surface area (TPSA) is 105 Å². The van der Waals surface area contributed by atoms with Crippen LogP contribution in [0.1, 0.15) is 36.8 Å². The van der Waals surface area contributed by atoms with Gasteiger partial charge in [-0.3, -0.25) is 4.98 Å². The molecule has 1 saturated heterocycles. The van der Waals surface area contributed by atoms with Crippen molar-refractivity contribution in [2.24, 2.45) is 0 Å².